The molecule has 0 unspecified atom stereocenters. The molecule has 1 N–H and O–H groups in total. The second kappa shape index (κ2) is 10.8. The summed E-state index contributed by atoms with van der Waals surface area (Å²) in [7, 11) is 0. The lowest BCUT2D eigenvalue weighted by atomic mass is 10.2. The monoisotopic (exact) mass is 255 g/mol. The molecule has 1 aromatic heterocycles. The number of ether oxygens (including phenoxy) is 1. The van der Waals surface area contributed by atoms with Crippen LogP contribution in [0.25, 0.3) is 0 Å². The van der Waals surface area contributed by atoms with Crippen molar-refractivity contribution >= 4 is 11.3 Å². The van der Waals surface area contributed by atoms with Gasteiger partial charge in [-0.15, -0.1) is 0 Å². The maximum Gasteiger partial charge on any atom is 0.0590 e. The van der Waals surface area contributed by atoms with Crippen LogP contribution >= 0.6 is 11.3 Å². The zero-order chi connectivity index (χ0) is 12.2. The summed E-state index contributed by atoms with van der Waals surface area (Å²) in [6.45, 7) is 6.02. The Morgan fingerprint density at radius 1 is 1.18 bits per heavy atom. The van der Waals surface area contributed by atoms with Crippen molar-refractivity contribution in [2.75, 3.05) is 26.3 Å². The molecule has 1 aromatic rings. The van der Waals surface area contributed by atoms with Crippen LogP contribution in [0.1, 0.15) is 38.2 Å². The molecule has 1 rings (SSSR count). The van der Waals surface area contributed by atoms with Crippen LogP contribution in [0.5, 0.6) is 0 Å². The van der Waals surface area contributed by atoms with E-state index in [1.807, 2.05) is 0 Å². The van der Waals surface area contributed by atoms with Gasteiger partial charge in [-0.1, -0.05) is 26.2 Å². The molecule has 0 amide bonds. The molecule has 2 nitrogen and oxygen atoms in total. The van der Waals surface area contributed by atoms with Gasteiger partial charge >= 0.3 is 0 Å². The summed E-state index contributed by atoms with van der Waals surface area (Å²) in [5.74, 6) is 0. The van der Waals surface area contributed by atoms with E-state index < -0.39 is 0 Å². The lowest BCUT2D eigenvalue weighted by molar-refractivity contribution is 0.132. The first-order chi connectivity index (χ1) is 8.43. The fraction of sp³-hybridized carbons (Fsp3) is 0.714. The minimum absolute atomic E-state index is 0.843. The molecule has 3 heteroatoms. The summed E-state index contributed by atoms with van der Waals surface area (Å²) in [6.07, 6.45) is 6.28. The van der Waals surface area contributed by atoms with Gasteiger partial charge in [0.05, 0.1) is 6.61 Å². The normalized spacial score (nSPS) is 10.9. The molecular formula is C14H25NOS. The van der Waals surface area contributed by atoms with E-state index in [-0.39, 0.29) is 0 Å². The summed E-state index contributed by atoms with van der Waals surface area (Å²) in [4.78, 5) is 0. The largest absolute Gasteiger partial charge is 0.380 e. The fourth-order valence-electron chi connectivity index (χ4n) is 1.67. The zero-order valence-corrected chi connectivity index (χ0v) is 11.7. The van der Waals surface area contributed by atoms with E-state index in [1.165, 1.54) is 31.2 Å². The van der Waals surface area contributed by atoms with E-state index in [0.29, 0.717) is 0 Å². The smallest absolute Gasteiger partial charge is 0.0590 e. The van der Waals surface area contributed by atoms with Gasteiger partial charge in [-0.3, -0.25) is 0 Å². The number of nitrogens with one attached hydrogen (secondary N) is 1. The van der Waals surface area contributed by atoms with Gasteiger partial charge in [0.2, 0.25) is 0 Å². The van der Waals surface area contributed by atoms with Crippen molar-refractivity contribution in [2.45, 2.75) is 39.0 Å². The molecule has 0 aromatic carbocycles. The molecule has 0 spiro atoms. The SMILES string of the molecule is CCCCCCOCCNCCc1ccsc1. The van der Waals surface area contributed by atoms with Gasteiger partial charge in [-0.05, 0) is 41.8 Å². The second-order valence-electron chi connectivity index (χ2n) is 4.30. The van der Waals surface area contributed by atoms with Crippen molar-refractivity contribution in [2.24, 2.45) is 0 Å². The van der Waals surface area contributed by atoms with E-state index in [1.54, 1.807) is 11.3 Å². The first kappa shape index (κ1) is 14.7. The molecule has 0 atom stereocenters. The van der Waals surface area contributed by atoms with E-state index >= 15 is 0 Å². The van der Waals surface area contributed by atoms with E-state index in [9.17, 15) is 0 Å². The average Bonchev–Trinajstić information content (AvgIpc) is 2.85. The Morgan fingerprint density at radius 2 is 2.12 bits per heavy atom. The number of hydrogen-bond acceptors (Lipinski definition) is 3. The van der Waals surface area contributed by atoms with Gasteiger partial charge in [0.25, 0.3) is 0 Å². The quantitative estimate of drug-likeness (QED) is 0.611. The Kier molecular flexibility index (Phi) is 9.29. The molecule has 0 saturated carbocycles. The van der Waals surface area contributed by atoms with Crippen LogP contribution in [0, 0.1) is 0 Å². The number of thiophene rings is 1. The highest BCUT2D eigenvalue weighted by Gasteiger charge is 1.93. The first-order valence-electron chi connectivity index (χ1n) is 6.73. The van der Waals surface area contributed by atoms with Crippen LogP contribution < -0.4 is 5.32 Å². The predicted octanol–water partition coefficient (Wildman–Crippen LogP) is 3.48. The maximum absolute atomic E-state index is 5.56. The van der Waals surface area contributed by atoms with Crippen LogP contribution in [-0.2, 0) is 11.2 Å². The molecule has 0 bridgehead atoms. The maximum atomic E-state index is 5.56. The third kappa shape index (κ3) is 8.36. The highest BCUT2D eigenvalue weighted by atomic mass is 32.1. The Bertz CT molecular complexity index is 249. The molecule has 0 saturated heterocycles. The minimum atomic E-state index is 0.843. The van der Waals surface area contributed by atoms with Gasteiger partial charge < -0.3 is 10.1 Å². The van der Waals surface area contributed by atoms with Crippen molar-refractivity contribution in [3.8, 4) is 0 Å². The molecule has 0 aliphatic rings. The van der Waals surface area contributed by atoms with Gasteiger partial charge in [-0.25, -0.2) is 0 Å². The standard InChI is InChI=1S/C14H25NOS/c1-2-3-4-5-10-16-11-9-15-8-6-14-7-12-17-13-14/h7,12-13,15H,2-6,8-11H2,1H3. The molecule has 0 aliphatic heterocycles. The summed E-state index contributed by atoms with van der Waals surface area (Å²) in [5, 5.41) is 7.75. The molecule has 17 heavy (non-hydrogen) atoms. The van der Waals surface area contributed by atoms with Crippen molar-refractivity contribution in [1.82, 2.24) is 5.32 Å². The first-order valence-corrected chi connectivity index (χ1v) is 7.67. The van der Waals surface area contributed by atoms with Crippen molar-refractivity contribution in [1.29, 1.82) is 0 Å². The molecule has 1 heterocycles. The number of hydrogen-bond donors (Lipinski definition) is 1. The molecular weight excluding hydrogens is 230 g/mol. The highest BCUT2D eigenvalue weighted by Crippen LogP contribution is 2.05. The van der Waals surface area contributed by atoms with Crippen molar-refractivity contribution in [3.05, 3.63) is 22.4 Å². The van der Waals surface area contributed by atoms with E-state index in [0.717, 1.165) is 32.7 Å². The van der Waals surface area contributed by atoms with Crippen LogP contribution in [0.3, 0.4) is 0 Å². The highest BCUT2D eigenvalue weighted by molar-refractivity contribution is 7.07. The fourth-order valence-corrected chi connectivity index (χ4v) is 2.37. The van der Waals surface area contributed by atoms with Crippen LogP contribution in [-0.4, -0.2) is 26.3 Å². The lowest BCUT2D eigenvalue weighted by Crippen LogP contribution is -2.22. The van der Waals surface area contributed by atoms with Crippen LogP contribution in [0.2, 0.25) is 0 Å². The van der Waals surface area contributed by atoms with Crippen molar-refractivity contribution in [3.63, 3.8) is 0 Å². The second-order valence-corrected chi connectivity index (χ2v) is 5.08. The Labute approximate surface area is 109 Å². The lowest BCUT2D eigenvalue weighted by Gasteiger charge is -2.05. The summed E-state index contributed by atoms with van der Waals surface area (Å²) >= 11 is 1.77. The van der Waals surface area contributed by atoms with Gasteiger partial charge in [0.1, 0.15) is 0 Å². The van der Waals surface area contributed by atoms with E-state index in [4.69, 9.17) is 4.74 Å². The summed E-state index contributed by atoms with van der Waals surface area (Å²) in [5.41, 5.74) is 1.43. The number of rotatable bonds is 11. The van der Waals surface area contributed by atoms with Gasteiger partial charge in [-0.2, -0.15) is 11.3 Å². The average molecular weight is 255 g/mol. The Hall–Kier alpha value is -0.380. The topological polar surface area (TPSA) is 21.3 Å². The zero-order valence-electron chi connectivity index (χ0n) is 10.9. The van der Waals surface area contributed by atoms with Crippen LogP contribution in [0.15, 0.2) is 16.8 Å². The van der Waals surface area contributed by atoms with Gasteiger partial charge in [0.15, 0.2) is 0 Å². The summed E-state index contributed by atoms with van der Waals surface area (Å²) in [6, 6.07) is 2.19. The molecule has 0 aliphatic carbocycles. The Morgan fingerprint density at radius 3 is 2.88 bits per heavy atom. The third-order valence-corrected chi connectivity index (χ3v) is 3.47. The van der Waals surface area contributed by atoms with Crippen molar-refractivity contribution < 1.29 is 4.74 Å². The summed E-state index contributed by atoms with van der Waals surface area (Å²) < 4.78 is 5.56. The van der Waals surface area contributed by atoms with Crippen LogP contribution in [0.4, 0.5) is 0 Å². The molecule has 0 fully saturated rings. The minimum Gasteiger partial charge on any atom is -0.380 e. The predicted molar refractivity (Wildman–Crippen MR) is 75.9 cm³/mol. The third-order valence-electron chi connectivity index (χ3n) is 2.74. The number of unbranched alkanes of at least 4 members (excludes halogenated alkanes) is 3. The molecule has 0 radical (unpaired) electrons. The van der Waals surface area contributed by atoms with Gasteiger partial charge in [0, 0.05) is 13.2 Å². The Balaban J connectivity index is 1.76. The van der Waals surface area contributed by atoms with E-state index in [2.05, 4.69) is 29.1 Å². The molecule has 98 valence electrons.